The molecule has 0 aliphatic rings. The maximum atomic E-state index is 5.97. The molecule has 0 unspecified atom stereocenters. The summed E-state index contributed by atoms with van der Waals surface area (Å²) in [4.78, 5) is 0. The van der Waals surface area contributed by atoms with Crippen LogP contribution in [0.4, 0.5) is 5.69 Å². The molecule has 0 aliphatic carbocycles. The van der Waals surface area contributed by atoms with Crippen LogP contribution in [-0.4, -0.2) is 0 Å². The molecular weight excluding hydrogens is 158 g/mol. The van der Waals surface area contributed by atoms with Gasteiger partial charge in [-0.15, -0.1) is 0 Å². The maximum Gasteiger partial charge on any atom is 0.0419 e. The molecule has 1 aromatic carbocycles. The third-order valence-electron chi connectivity index (χ3n) is 2.26. The number of para-hydroxylation sites is 1. The zero-order valence-electron chi connectivity index (χ0n) is 8.59. The number of aryl methyl sites for hydroxylation is 1. The highest BCUT2D eigenvalue weighted by molar-refractivity contribution is 5.75. The van der Waals surface area contributed by atoms with E-state index in [1.807, 2.05) is 19.1 Å². The normalized spacial score (nSPS) is 11.8. The van der Waals surface area contributed by atoms with Crippen LogP contribution in [0.15, 0.2) is 24.3 Å². The number of rotatable bonds is 2. The lowest BCUT2D eigenvalue weighted by Gasteiger charge is -2.08. The lowest BCUT2D eigenvalue weighted by atomic mass is 10.0. The van der Waals surface area contributed by atoms with Gasteiger partial charge in [-0.1, -0.05) is 31.2 Å². The smallest absolute Gasteiger partial charge is 0.0419 e. The van der Waals surface area contributed by atoms with E-state index < -0.39 is 0 Å². The average Bonchev–Trinajstić information content (AvgIpc) is 2.10. The Balaban J connectivity index is 3.15. The molecule has 0 saturated heterocycles. The highest BCUT2D eigenvalue weighted by Crippen LogP contribution is 2.24. The highest BCUT2D eigenvalue weighted by atomic mass is 14.6. The van der Waals surface area contributed by atoms with Gasteiger partial charge in [-0.2, -0.15) is 0 Å². The largest absolute Gasteiger partial charge is 0.398 e. The third kappa shape index (κ3) is 2.11. The first-order valence-electron chi connectivity index (χ1n) is 4.69. The van der Waals surface area contributed by atoms with Crippen LogP contribution in [0.25, 0.3) is 5.57 Å². The molecule has 0 aromatic heterocycles. The number of benzene rings is 1. The molecule has 0 aliphatic heterocycles. The Morgan fingerprint density at radius 3 is 2.77 bits per heavy atom. The van der Waals surface area contributed by atoms with Crippen molar-refractivity contribution in [3.05, 3.63) is 35.4 Å². The first-order chi connectivity index (χ1) is 6.16. The summed E-state index contributed by atoms with van der Waals surface area (Å²) >= 11 is 0. The van der Waals surface area contributed by atoms with E-state index in [0.29, 0.717) is 0 Å². The fourth-order valence-electron chi connectivity index (χ4n) is 1.44. The Hall–Kier alpha value is -1.24. The van der Waals surface area contributed by atoms with Crippen LogP contribution < -0.4 is 5.73 Å². The Morgan fingerprint density at radius 1 is 1.46 bits per heavy atom. The second-order valence-corrected chi connectivity index (χ2v) is 3.33. The molecule has 70 valence electrons. The second-order valence-electron chi connectivity index (χ2n) is 3.33. The lowest BCUT2D eigenvalue weighted by molar-refractivity contribution is 1.22. The monoisotopic (exact) mass is 175 g/mol. The Kier molecular flexibility index (Phi) is 3.13. The second kappa shape index (κ2) is 4.13. The fourth-order valence-corrected chi connectivity index (χ4v) is 1.44. The first kappa shape index (κ1) is 9.85. The standard InChI is InChI=1S/C12H17N/c1-4-6-9(2)11-8-5-7-10(3)12(11)13/h5-8H,4,13H2,1-3H3/b9-6+. The van der Waals surface area contributed by atoms with Crippen molar-refractivity contribution >= 4 is 11.3 Å². The Labute approximate surface area is 80.3 Å². The number of allylic oxidation sites excluding steroid dienone is 2. The summed E-state index contributed by atoms with van der Waals surface area (Å²) in [5.41, 5.74) is 10.5. The van der Waals surface area contributed by atoms with Crippen LogP contribution in [0, 0.1) is 6.92 Å². The minimum Gasteiger partial charge on any atom is -0.398 e. The van der Waals surface area contributed by atoms with Crippen LogP contribution in [0.5, 0.6) is 0 Å². The van der Waals surface area contributed by atoms with Crippen LogP contribution in [-0.2, 0) is 0 Å². The van der Waals surface area contributed by atoms with Crippen molar-refractivity contribution in [3.8, 4) is 0 Å². The number of nitrogens with two attached hydrogens (primary N) is 1. The SMILES string of the molecule is CC/C=C(\C)c1cccc(C)c1N. The topological polar surface area (TPSA) is 26.0 Å². The van der Waals surface area contributed by atoms with Gasteiger partial charge in [0.25, 0.3) is 0 Å². The molecule has 0 radical (unpaired) electrons. The molecule has 0 spiro atoms. The van der Waals surface area contributed by atoms with Gasteiger partial charge in [0.2, 0.25) is 0 Å². The van der Waals surface area contributed by atoms with Gasteiger partial charge in [0.05, 0.1) is 0 Å². The number of hydrogen-bond acceptors (Lipinski definition) is 1. The predicted molar refractivity (Wildman–Crippen MR) is 59.5 cm³/mol. The van der Waals surface area contributed by atoms with Crippen LogP contribution >= 0.6 is 0 Å². The van der Waals surface area contributed by atoms with Crippen LogP contribution in [0.2, 0.25) is 0 Å². The summed E-state index contributed by atoms with van der Waals surface area (Å²) in [7, 11) is 0. The van der Waals surface area contributed by atoms with Gasteiger partial charge < -0.3 is 5.73 Å². The summed E-state index contributed by atoms with van der Waals surface area (Å²) in [5.74, 6) is 0. The molecular formula is C12H17N. The minimum absolute atomic E-state index is 0.907. The predicted octanol–water partition coefficient (Wildman–Crippen LogP) is 3.39. The van der Waals surface area contributed by atoms with Gasteiger partial charge in [-0.05, 0) is 31.4 Å². The fraction of sp³-hybridized carbons (Fsp3) is 0.333. The number of nitrogen functional groups attached to an aromatic ring is 1. The maximum absolute atomic E-state index is 5.97. The average molecular weight is 175 g/mol. The summed E-state index contributed by atoms with van der Waals surface area (Å²) < 4.78 is 0. The molecule has 13 heavy (non-hydrogen) atoms. The molecule has 0 bridgehead atoms. The minimum atomic E-state index is 0.907. The van der Waals surface area contributed by atoms with Crippen molar-refractivity contribution in [1.82, 2.24) is 0 Å². The van der Waals surface area contributed by atoms with Gasteiger partial charge in [-0.25, -0.2) is 0 Å². The summed E-state index contributed by atoms with van der Waals surface area (Å²) in [5, 5.41) is 0. The van der Waals surface area contributed by atoms with Crippen LogP contribution in [0.1, 0.15) is 31.4 Å². The third-order valence-corrected chi connectivity index (χ3v) is 2.26. The van der Waals surface area contributed by atoms with Crippen molar-refractivity contribution in [2.45, 2.75) is 27.2 Å². The van der Waals surface area contributed by atoms with Crippen molar-refractivity contribution < 1.29 is 0 Å². The van der Waals surface area contributed by atoms with E-state index in [4.69, 9.17) is 5.73 Å². The first-order valence-corrected chi connectivity index (χ1v) is 4.69. The van der Waals surface area contributed by atoms with E-state index >= 15 is 0 Å². The van der Waals surface area contributed by atoms with Gasteiger partial charge in [0.15, 0.2) is 0 Å². The van der Waals surface area contributed by atoms with Gasteiger partial charge in [-0.3, -0.25) is 0 Å². The molecule has 1 nitrogen and oxygen atoms in total. The van der Waals surface area contributed by atoms with Crippen molar-refractivity contribution in [2.75, 3.05) is 5.73 Å². The summed E-state index contributed by atoms with van der Waals surface area (Å²) in [6.07, 6.45) is 3.25. The zero-order valence-corrected chi connectivity index (χ0v) is 8.59. The molecule has 0 saturated carbocycles. The summed E-state index contributed by atoms with van der Waals surface area (Å²) in [6.45, 7) is 6.28. The van der Waals surface area contributed by atoms with E-state index in [2.05, 4.69) is 26.0 Å². The van der Waals surface area contributed by atoms with Gasteiger partial charge >= 0.3 is 0 Å². The number of hydrogen-bond donors (Lipinski definition) is 1. The van der Waals surface area contributed by atoms with E-state index in [9.17, 15) is 0 Å². The molecule has 1 aromatic rings. The van der Waals surface area contributed by atoms with E-state index in [1.54, 1.807) is 0 Å². The van der Waals surface area contributed by atoms with Crippen molar-refractivity contribution in [2.24, 2.45) is 0 Å². The van der Waals surface area contributed by atoms with Crippen LogP contribution in [0.3, 0.4) is 0 Å². The molecule has 0 heterocycles. The quantitative estimate of drug-likeness (QED) is 0.685. The molecule has 0 amide bonds. The van der Waals surface area contributed by atoms with E-state index in [-0.39, 0.29) is 0 Å². The zero-order chi connectivity index (χ0) is 9.84. The van der Waals surface area contributed by atoms with Crippen molar-refractivity contribution in [1.29, 1.82) is 0 Å². The summed E-state index contributed by atoms with van der Waals surface area (Å²) in [6, 6.07) is 6.16. The highest BCUT2D eigenvalue weighted by Gasteiger charge is 2.01. The Bertz CT molecular complexity index is 324. The molecule has 0 fully saturated rings. The van der Waals surface area contributed by atoms with E-state index in [0.717, 1.165) is 17.7 Å². The Morgan fingerprint density at radius 2 is 2.15 bits per heavy atom. The van der Waals surface area contributed by atoms with Gasteiger partial charge in [0, 0.05) is 11.3 Å². The lowest BCUT2D eigenvalue weighted by Crippen LogP contribution is -1.94. The van der Waals surface area contributed by atoms with Gasteiger partial charge in [0.1, 0.15) is 0 Å². The molecule has 1 rings (SSSR count). The van der Waals surface area contributed by atoms with Crippen molar-refractivity contribution in [3.63, 3.8) is 0 Å². The number of anilines is 1. The molecule has 1 heteroatoms. The molecule has 2 N–H and O–H groups in total. The van der Waals surface area contributed by atoms with E-state index in [1.165, 1.54) is 11.1 Å². The molecule has 0 atom stereocenters.